The Bertz CT molecular complexity index is 1290. The Balaban J connectivity index is 0.000000649. The number of para-hydroxylation sites is 1. The van der Waals surface area contributed by atoms with Gasteiger partial charge in [-0.15, -0.1) is 0 Å². The summed E-state index contributed by atoms with van der Waals surface area (Å²) in [5.41, 5.74) is 2.65. The molecule has 0 saturated heterocycles. The Morgan fingerprint density at radius 1 is 0.884 bits per heavy atom. The van der Waals surface area contributed by atoms with E-state index in [9.17, 15) is 5.11 Å². The van der Waals surface area contributed by atoms with Crippen LogP contribution in [0.3, 0.4) is 0 Å². The fourth-order valence-corrected chi connectivity index (χ4v) is 3.00. The number of benzene rings is 2. The summed E-state index contributed by atoms with van der Waals surface area (Å²) >= 11 is 6.11. The van der Waals surface area contributed by atoms with Crippen LogP contribution in [-0.4, -0.2) is 86.4 Å². The number of ether oxygens (including phenoxy) is 1. The molecule has 1 aromatic heterocycles. The highest BCUT2D eigenvalue weighted by Gasteiger charge is 2.08. The third kappa shape index (κ3) is 16.7. The third-order valence-corrected chi connectivity index (χ3v) is 5.19. The van der Waals surface area contributed by atoms with E-state index in [0.717, 1.165) is 29.8 Å². The van der Waals surface area contributed by atoms with Gasteiger partial charge in [-0.3, -0.25) is 4.98 Å². The van der Waals surface area contributed by atoms with Gasteiger partial charge >= 0.3 is 23.9 Å². The lowest BCUT2D eigenvalue weighted by atomic mass is 10.2. The van der Waals surface area contributed by atoms with Gasteiger partial charge in [-0.2, -0.15) is 0 Å². The van der Waals surface area contributed by atoms with Crippen LogP contribution in [0.25, 0.3) is 0 Å². The zero-order valence-electron chi connectivity index (χ0n) is 22.6. The highest BCUT2D eigenvalue weighted by molar-refractivity contribution is 6.31. The van der Waals surface area contributed by atoms with E-state index >= 15 is 0 Å². The molecule has 15 heteroatoms. The number of carboxylic acids is 4. The molecule has 0 bridgehead atoms. The van der Waals surface area contributed by atoms with E-state index in [0.29, 0.717) is 17.3 Å². The van der Waals surface area contributed by atoms with Crippen LogP contribution >= 0.6 is 11.6 Å². The quantitative estimate of drug-likeness (QED) is 0.0740. The van der Waals surface area contributed by atoms with Crippen molar-refractivity contribution >= 4 is 41.7 Å². The topological polar surface area (TPSA) is 225 Å². The highest BCUT2D eigenvalue weighted by atomic mass is 35.5. The number of aliphatic hydroxyl groups is 1. The number of oxime groups is 1. The molecule has 0 aliphatic heterocycles. The minimum Gasteiger partial charge on any atom is -0.490 e. The van der Waals surface area contributed by atoms with Crippen molar-refractivity contribution in [3.8, 4) is 5.75 Å². The summed E-state index contributed by atoms with van der Waals surface area (Å²) in [5, 5.41) is 47.6. The highest BCUT2D eigenvalue weighted by Crippen LogP contribution is 2.18. The number of hydrogen-bond donors (Lipinski definition) is 6. The lowest BCUT2D eigenvalue weighted by molar-refractivity contribution is -0.159. The summed E-state index contributed by atoms with van der Waals surface area (Å²) in [5.74, 6) is -6.67. The Morgan fingerprint density at radius 3 is 2.09 bits per heavy atom. The molecule has 0 fully saturated rings. The third-order valence-electron chi connectivity index (χ3n) is 4.82. The number of carbonyl (C=O) groups is 4. The average molecular weight is 620 g/mol. The van der Waals surface area contributed by atoms with E-state index in [-0.39, 0.29) is 13.2 Å². The van der Waals surface area contributed by atoms with E-state index < -0.39 is 30.0 Å². The minimum absolute atomic E-state index is 0.169. The van der Waals surface area contributed by atoms with Crippen molar-refractivity contribution in [2.45, 2.75) is 19.1 Å². The van der Waals surface area contributed by atoms with E-state index in [2.05, 4.69) is 15.5 Å². The number of aliphatic hydroxyl groups excluding tert-OH is 1. The average Bonchev–Trinajstić information content (AvgIpc) is 2.99. The SMILES string of the molecule is O=C(O)C(=O)O.O=C(O)C(=O)O.OC(CNCCc1ccccn1)COc1ccccc1/C=N/OCc1ccccc1Cl. The number of pyridine rings is 1. The van der Waals surface area contributed by atoms with Gasteiger partial charge in [0.05, 0.1) is 6.21 Å². The normalized spacial score (nSPS) is 10.7. The smallest absolute Gasteiger partial charge is 0.414 e. The number of aliphatic carboxylic acids is 4. The molecule has 0 spiro atoms. The van der Waals surface area contributed by atoms with Gasteiger partial charge in [0.1, 0.15) is 25.1 Å². The first-order valence-electron chi connectivity index (χ1n) is 12.3. The number of halogens is 1. The Labute approximate surface area is 250 Å². The van der Waals surface area contributed by atoms with Gasteiger partial charge in [-0.25, -0.2) is 19.2 Å². The molecule has 3 rings (SSSR count). The molecule has 0 amide bonds. The number of nitrogens with zero attached hydrogens (tertiary/aromatic N) is 2. The fourth-order valence-electron chi connectivity index (χ4n) is 2.81. The maximum Gasteiger partial charge on any atom is 0.414 e. The van der Waals surface area contributed by atoms with Crippen LogP contribution in [0.4, 0.5) is 0 Å². The van der Waals surface area contributed by atoms with E-state index in [1.807, 2.05) is 66.7 Å². The van der Waals surface area contributed by atoms with Gasteiger partial charge in [-0.05, 0) is 30.3 Å². The molecule has 1 atom stereocenters. The molecular formula is C28H30ClN3O11. The fraction of sp³-hybridized carbons (Fsp3) is 0.214. The first-order chi connectivity index (χ1) is 20.5. The zero-order valence-corrected chi connectivity index (χ0v) is 23.3. The molecule has 0 saturated carbocycles. The van der Waals surface area contributed by atoms with Crippen LogP contribution in [0.1, 0.15) is 16.8 Å². The van der Waals surface area contributed by atoms with Gasteiger partial charge < -0.3 is 40.4 Å². The van der Waals surface area contributed by atoms with Crippen LogP contribution in [-0.2, 0) is 37.0 Å². The summed E-state index contributed by atoms with van der Waals surface area (Å²) < 4.78 is 5.78. The second kappa shape index (κ2) is 20.8. The summed E-state index contributed by atoms with van der Waals surface area (Å²) in [6, 6.07) is 20.8. The van der Waals surface area contributed by atoms with E-state index in [4.69, 9.17) is 60.8 Å². The zero-order chi connectivity index (χ0) is 32.0. The Kier molecular flexibility index (Phi) is 17.4. The lowest BCUT2D eigenvalue weighted by Crippen LogP contribution is -2.32. The van der Waals surface area contributed by atoms with Crippen molar-refractivity contribution in [2.75, 3.05) is 19.7 Å². The molecular weight excluding hydrogens is 590 g/mol. The molecule has 0 aliphatic carbocycles. The number of hydrogen-bond acceptors (Lipinski definition) is 10. The molecule has 230 valence electrons. The van der Waals surface area contributed by atoms with Crippen molar-refractivity contribution in [1.29, 1.82) is 0 Å². The second-order valence-electron chi connectivity index (χ2n) is 8.10. The van der Waals surface area contributed by atoms with Crippen LogP contribution in [0.15, 0.2) is 78.1 Å². The monoisotopic (exact) mass is 619 g/mol. The Morgan fingerprint density at radius 2 is 1.49 bits per heavy atom. The molecule has 14 nitrogen and oxygen atoms in total. The number of rotatable bonds is 12. The number of aromatic nitrogens is 1. The largest absolute Gasteiger partial charge is 0.490 e. The summed E-state index contributed by atoms with van der Waals surface area (Å²) in [6.45, 7) is 1.62. The summed E-state index contributed by atoms with van der Waals surface area (Å²) in [4.78, 5) is 46.0. The van der Waals surface area contributed by atoms with Gasteiger partial charge in [-0.1, -0.05) is 53.2 Å². The molecule has 0 aliphatic rings. The van der Waals surface area contributed by atoms with Gasteiger partial charge in [0.15, 0.2) is 0 Å². The van der Waals surface area contributed by atoms with Crippen molar-refractivity contribution in [2.24, 2.45) is 5.16 Å². The Hall–Kier alpha value is -5.05. The number of nitrogens with one attached hydrogen (secondary N) is 1. The summed E-state index contributed by atoms with van der Waals surface area (Å²) in [6.07, 6.45) is 3.54. The molecule has 1 heterocycles. The van der Waals surface area contributed by atoms with Crippen molar-refractivity contribution in [1.82, 2.24) is 10.3 Å². The molecule has 1 unspecified atom stereocenters. The van der Waals surface area contributed by atoms with Crippen LogP contribution in [0.5, 0.6) is 5.75 Å². The molecule has 43 heavy (non-hydrogen) atoms. The summed E-state index contributed by atoms with van der Waals surface area (Å²) in [7, 11) is 0. The standard InChI is InChI=1S/C24H26ClN3O3.2C2H2O4/c25-23-10-3-1-8-20(23)17-31-28-15-19-7-2-4-11-24(19)30-18-22(29)16-26-14-12-21-9-5-6-13-27-21;2*3-1(4)2(5)6/h1-11,13,15,22,26,29H,12,14,16-18H2;2*(H,3,4)(H,5,6)/b28-15+;;. The molecule has 0 radical (unpaired) electrons. The minimum atomic E-state index is -1.82. The predicted molar refractivity (Wildman–Crippen MR) is 153 cm³/mol. The lowest BCUT2D eigenvalue weighted by Gasteiger charge is -2.14. The van der Waals surface area contributed by atoms with Crippen LogP contribution in [0.2, 0.25) is 5.02 Å². The van der Waals surface area contributed by atoms with Crippen molar-refractivity contribution in [3.05, 3.63) is 94.8 Å². The predicted octanol–water partition coefficient (Wildman–Crippen LogP) is 2.17. The van der Waals surface area contributed by atoms with Crippen LogP contribution < -0.4 is 10.1 Å². The van der Waals surface area contributed by atoms with E-state index in [1.54, 1.807) is 12.4 Å². The maximum atomic E-state index is 10.2. The second-order valence-corrected chi connectivity index (χ2v) is 8.51. The first-order valence-corrected chi connectivity index (χ1v) is 12.7. The van der Waals surface area contributed by atoms with Gasteiger partial charge in [0, 0.05) is 47.6 Å². The molecule has 6 N–H and O–H groups in total. The number of carboxylic acid groups (broad SMARTS) is 4. The van der Waals surface area contributed by atoms with Crippen LogP contribution in [0, 0.1) is 0 Å². The maximum absolute atomic E-state index is 10.2. The van der Waals surface area contributed by atoms with Gasteiger partial charge in [0.25, 0.3) is 0 Å². The van der Waals surface area contributed by atoms with Crippen molar-refractivity contribution in [3.63, 3.8) is 0 Å². The molecule has 2 aromatic carbocycles. The van der Waals surface area contributed by atoms with Crippen molar-refractivity contribution < 1.29 is 54.3 Å². The van der Waals surface area contributed by atoms with E-state index in [1.165, 1.54) is 0 Å². The first kappa shape index (κ1) is 36.0. The molecule has 3 aromatic rings. The van der Waals surface area contributed by atoms with Gasteiger partial charge in [0.2, 0.25) is 0 Å².